The standard InChI is InChI=1S/C47H39N7O20S2/c1-69-30-18-28(34(46(59)60)42(73-5)40(30)71-3)51-53-36-32(75(63,64)65)16-20-14-22(10-12-24(20)38(36)55)48-44(57)26-8-7-9-27(50-26)45(58)49-23-11-13-25-21(15-23)17-33(76(66,67)68)37(39(25)56)54-52-29-19-31(70-2)41(72-4)43(74-6)35(29)47(61)62/h7-19,55-56H,1-6H3,(H,48,57)(H,49,58)(H,59,60)(H,61,62)(H,63,64,65)(H,66,67,68). The molecule has 0 saturated heterocycles. The molecule has 394 valence electrons. The smallest absolute Gasteiger partial charge is 0.341 e. The second-order valence-electron chi connectivity index (χ2n) is 15.4. The molecule has 0 aliphatic heterocycles. The number of anilines is 2. The molecule has 1 heterocycles. The molecule has 27 nitrogen and oxygen atoms in total. The fourth-order valence-corrected chi connectivity index (χ4v) is 8.90. The van der Waals surface area contributed by atoms with Crippen molar-refractivity contribution < 1.29 is 94.0 Å². The van der Waals surface area contributed by atoms with Gasteiger partial charge < -0.3 is 59.5 Å². The number of carboxylic acid groups (broad SMARTS) is 2. The minimum Gasteiger partial charge on any atom is -0.505 e. The van der Waals surface area contributed by atoms with Crippen LogP contribution in [0.4, 0.5) is 34.1 Å². The highest BCUT2D eigenvalue weighted by atomic mass is 32.2. The van der Waals surface area contributed by atoms with Gasteiger partial charge in [-0.05, 0) is 71.4 Å². The second-order valence-corrected chi connectivity index (χ2v) is 18.2. The van der Waals surface area contributed by atoms with Crippen LogP contribution in [0.5, 0.6) is 46.0 Å². The summed E-state index contributed by atoms with van der Waals surface area (Å²) in [5.41, 5.74) is -4.15. The van der Waals surface area contributed by atoms with Crippen LogP contribution in [0.1, 0.15) is 41.7 Å². The molecule has 7 aromatic rings. The zero-order valence-corrected chi connectivity index (χ0v) is 41.6. The summed E-state index contributed by atoms with van der Waals surface area (Å²) in [5, 5.41) is 62.7. The predicted octanol–water partition coefficient (Wildman–Crippen LogP) is 8.08. The highest BCUT2D eigenvalue weighted by Gasteiger charge is 2.30. The number of azo groups is 2. The third kappa shape index (κ3) is 10.5. The average molecular weight is 1090 g/mol. The largest absolute Gasteiger partial charge is 0.505 e. The molecule has 6 aromatic carbocycles. The third-order valence-corrected chi connectivity index (χ3v) is 12.7. The van der Waals surface area contributed by atoms with Crippen molar-refractivity contribution in [2.24, 2.45) is 20.5 Å². The topological polar surface area (TPSA) is 400 Å². The van der Waals surface area contributed by atoms with Crippen molar-refractivity contribution in [1.29, 1.82) is 0 Å². The molecule has 0 spiro atoms. The molecule has 7 rings (SSSR count). The van der Waals surface area contributed by atoms with Crippen molar-refractivity contribution in [3.05, 3.63) is 101 Å². The molecule has 1 aromatic heterocycles. The number of carbonyl (C=O) groups is 4. The summed E-state index contributed by atoms with van der Waals surface area (Å²) >= 11 is 0. The molecular formula is C47H39N7O20S2. The molecule has 2 amide bonds. The fourth-order valence-electron chi connectivity index (χ4n) is 7.59. The van der Waals surface area contributed by atoms with Gasteiger partial charge in [-0.15, -0.1) is 20.5 Å². The number of hydrogen-bond acceptors (Lipinski definition) is 21. The Bertz CT molecular complexity index is 3640. The number of ether oxygens (including phenoxy) is 6. The maximum absolute atomic E-state index is 13.5. The molecule has 0 saturated carbocycles. The number of rotatable bonds is 18. The van der Waals surface area contributed by atoms with E-state index in [4.69, 9.17) is 28.4 Å². The van der Waals surface area contributed by atoms with Gasteiger partial charge in [0, 0.05) is 34.3 Å². The van der Waals surface area contributed by atoms with Crippen molar-refractivity contribution >= 4 is 99.7 Å². The Hall–Kier alpha value is -9.71. The van der Waals surface area contributed by atoms with E-state index < -0.39 is 99.2 Å². The lowest BCUT2D eigenvalue weighted by Crippen LogP contribution is -2.18. The molecule has 0 bridgehead atoms. The van der Waals surface area contributed by atoms with Gasteiger partial charge in [-0.2, -0.15) is 16.8 Å². The molecule has 29 heteroatoms. The number of phenols is 2. The van der Waals surface area contributed by atoms with E-state index >= 15 is 0 Å². The number of carboxylic acids is 2. The molecular weight excluding hydrogens is 1050 g/mol. The highest BCUT2D eigenvalue weighted by Crippen LogP contribution is 2.49. The highest BCUT2D eigenvalue weighted by molar-refractivity contribution is 7.86. The van der Waals surface area contributed by atoms with Crippen molar-refractivity contribution in [3.63, 3.8) is 0 Å². The van der Waals surface area contributed by atoms with E-state index in [9.17, 15) is 65.5 Å². The number of carbonyl (C=O) groups excluding carboxylic acids is 2. The van der Waals surface area contributed by atoms with Gasteiger partial charge in [0.2, 0.25) is 11.5 Å². The number of methoxy groups -OCH3 is 6. The first-order valence-electron chi connectivity index (χ1n) is 21.1. The van der Waals surface area contributed by atoms with Gasteiger partial charge in [-0.1, -0.05) is 6.07 Å². The number of aromatic hydroxyl groups is 2. The van der Waals surface area contributed by atoms with Crippen LogP contribution in [0.15, 0.2) is 109 Å². The minimum absolute atomic E-state index is 0.00672. The number of amides is 2. The number of hydrogen-bond donors (Lipinski definition) is 8. The average Bonchev–Trinajstić information content (AvgIpc) is 3.41. The lowest BCUT2D eigenvalue weighted by Gasteiger charge is -2.15. The van der Waals surface area contributed by atoms with Gasteiger partial charge in [0.1, 0.15) is 55.1 Å². The first-order valence-corrected chi connectivity index (χ1v) is 24.0. The van der Waals surface area contributed by atoms with Crippen LogP contribution in [0.25, 0.3) is 21.5 Å². The van der Waals surface area contributed by atoms with Crippen LogP contribution in [-0.2, 0) is 20.2 Å². The van der Waals surface area contributed by atoms with Gasteiger partial charge >= 0.3 is 11.9 Å². The van der Waals surface area contributed by atoms with Gasteiger partial charge in [0.15, 0.2) is 34.5 Å². The Labute approximate surface area is 428 Å². The van der Waals surface area contributed by atoms with Gasteiger partial charge in [-0.25, -0.2) is 14.6 Å². The lowest BCUT2D eigenvalue weighted by atomic mass is 10.1. The normalized spacial score (nSPS) is 11.7. The quantitative estimate of drug-likeness (QED) is 0.0297. The Kier molecular flexibility index (Phi) is 15.2. The number of benzene rings is 6. The first kappa shape index (κ1) is 54.1. The molecule has 0 aliphatic carbocycles. The zero-order valence-electron chi connectivity index (χ0n) is 40.0. The molecule has 0 radical (unpaired) electrons. The summed E-state index contributed by atoms with van der Waals surface area (Å²) in [7, 11) is -3.12. The van der Waals surface area contributed by atoms with E-state index in [0.717, 1.165) is 38.5 Å². The Balaban J connectivity index is 1.15. The third-order valence-electron chi connectivity index (χ3n) is 10.9. The van der Waals surface area contributed by atoms with Crippen LogP contribution in [-0.4, -0.2) is 118 Å². The van der Waals surface area contributed by atoms with E-state index in [1.54, 1.807) is 0 Å². The summed E-state index contributed by atoms with van der Waals surface area (Å²) < 4.78 is 102. The fraction of sp³-hybridized carbons (Fsp3) is 0.128. The maximum atomic E-state index is 13.5. The van der Waals surface area contributed by atoms with E-state index in [0.29, 0.717) is 0 Å². The SMILES string of the molecule is COc1cc(N=Nc2c(S(=O)(=O)O)cc3cc(NC(=O)c4cccc(C(=O)Nc5ccc6c(O)c(N=Nc7cc(OC)c(OC)c(OC)c7C(=O)O)c(S(=O)(=O)O)cc6c5)n4)ccc3c2O)c(C(=O)O)c(OC)c1OC. The van der Waals surface area contributed by atoms with Crippen LogP contribution >= 0.6 is 0 Å². The molecule has 0 aliphatic rings. The van der Waals surface area contributed by atoms with Crippen molar-refractivity contribution in [1.82, 2.24) is 4.98 Å². The molecule has 76 heavy (non-hydrogen) atoms. The first-order chi connectivity index (χ1) is 36.0. The predicted molar refractivity (Wildman–Crippen MR) is 265 cm³/mol. The number of pyridine rings is 1. The van der Waals surface area contributed by atoms with E-state index in [-0.39, 0.29) is 78.8 Å². The lowest BCUT2D eigenvalue weighted by molar-refractivity contribution is 0.0682. The molecule has 0 unspecified atom stereocenters. The van der Waals surface area contributed by atoms with Crippen molar-refractivity contribution in [2.45, 2.75) is 9.79 Å². The number of aromatic nitrogens is 1. The summed E-state index contributed by atoms with van der Waals surface area (Å²) in [5.74, 6) is -7.44. The molecule has 0 atom stereocenters. The van der Waals surface area contributed by atoms with Crippen molar-refractivity contribution in [3.8, 4) is 46.0 Å². The van der Waals surface area contributed by atoms with Crippen LogP contribution in [0, 0.1) is 0 Å². The van der Waals surface area contributed by atoms with Crippen LogP contribution in [0.2, 0.25) is 0 Å². The summed E-state index contributed by atoms with van der Waals surface area (Å²) in [6.07, 6.45) is 0. The van der Waals surface area contributed by atoms with E-state index in [1.165, 1.54) is 83.0 Å². The van der Waals surface area contributed by atoms with E-state index in [2.05, 4.69) is 36.1 Å². The zero-order chi connectivity index (χ0) is 55.6. The Morgan fingerprint density at radius 3 is 1.18 bits per heavy atom. The monoisotopic (exact) mass is 1090 g/mol. The Morgan fingerprint density at radius 1 is 0.500 bits per heavy atom. The molecule has 0 fully saturated rings. The summed E-state index contributed by atoms with van der Waals surface area (Å²) in [4.78, 5) is 53.8. The van der Waals surface area contributed by atoms with Gasteiger partial charge in [-0.3, -0.25) is 18.7 Å². The number of aromatic carboxylic acids is 2. The van der Waals surface area contributed by atoms with Crippen molar-refractivity contribution in [2.75, 3.05) is 53.3 Å². The summed E-state index contributed by atoms with van der Waals surface area (Å²) in [6.45, 7) is 0. The summed E-state index contributed by atoms with van der Waals surface area (Å²) in [6, 6.07) is 15.4. The van der Waals surface area contributed by atoms with Crippen LogP contribution < -0.4 is 39.1 Å². The number of nitrogens with one attached hydrogen (secondary N) is 2. The number of nitrogens with zero attached hydrogens (tertiary/aromatic N) is 5. The molecule has 8 N–H and O–H groups in total. The minimum atomic E-state index is -5.18. The van der Waals surface area contributed by atoms with Gasteiger partial charge in [0.05, 0.1) is 42.7 Å². The maximum Gasteiger partial charge on any atom is 0.341 e. The second kappa shape index (κ2) is 21.4. The van der Waals surface area contributed by atoms with Gasteiger partial charge in [0.25, 0.3) is 32.1 Å². The number of fused-ring (bicyclic) bond motifs is 2. The van der Waals surface area contributed by atoms with Crippen LogP contribution in [0.3, 0.4) is 0 Å². The number of phenolic OH excluding ortho intramolecular Hbond substituents is 2. The Morgan fingerprint density at radius 2 is 0.868 bits per heavy atom. The van der Waals surface area contributed by atoms with E-state index in [1.807, 2.05) is 0 Å².